The molecule has 45 heavy (non-hydrogen) atoms. The fraction of sp³-hybridized carbons (Fsp3) is 0.212. The van der Waals surface area contributed by atoms with Gasteiger partial charge in [0.05, 0.1) is 24.8 Å². The molecule has 4 aromatic rings. The molecule has 2 amide bonds. The smallest absolute Gasteiger partial charge is 0.264 e. The first-order valence-corrected chi connectivity index (χ1v) is 16.5. The molecule has 0 saturated heterocycles. The fourth-order valence-electron chi connectivity index (χ4n) is 4.75. The highest BCUT2D eigenvalue weighted by Crippen LogP contribution is 2.33. The van der Waals surface area contributed by atoms with E-state index in [1.807, 2.05) is 54.6 Å². The molecular weight excluding hydrogens is 682 g/mol. The summed E-state index contributed by atoms with van der Waals surface area (Å²) in [5.41, 5.74) is 1.81. The number of halogens is 2. The molecule has 12 heteroatoms. The van der Waals surface area contributed by atoms with Gasteiger partial charge in [-0.2, -0.15) is 0 Å². The van der Waals surface area contributed by atoms with Gasteiger partial charge < -0.3 is 19.7 Å². The summed E-state index contributed by atoms with van der Waals surface area (Å²) in [4.78, 5) is 29.0. The van der Waals surface area contributed by atoms with E-state index in [1.54, 1.807) is 12.1 Å². The van der Waals surface area contributed by atoms with Gasteiger partial charge in [-0.1, -0.05) is 70.0 Å². The lowest BCUT2D eigenvalue weighted by Gasteiger charge is -2.33. The van der Waals surface area contributed by atoms with Gasteiger partial charge in [0.25, 0.3) is 10.0 Å². The molecule has 9 nitrogen and oxygen atoms in total. The first-order valence-electron chi connectivity index (χ1n) is 13.9. The standard InChI is InChI=1S/C33H33BrClN3O6S/c1-36-33(40)29(19-23-7-5-4-6-8-23)37(21-24-9-11-25(34)12-10-24)32(39)22-38(27-15-13-26(35)14-16-27)45(41,42)28-17-18-30(43-2)31(20-28)44-3/h4-18,20,29H,19,21-22H2,1-3H3,(H,36,40)/t29-/m0/s1. The fourth-order valence-corrected chi connectivity index (χ4v) is 6.57. The number of nitrogens with one attached hydrogen (secondary N) is 1. The second-order valence-corrected chi connectivity index (χ2v) is 13.2. The molecule has 0 heterocycles. The summed E-state index contributed by atoms with van der Waals surface area (Å²) < 4.78 is 40.9. The molecule has 0 aromatic heterocycles. The number of rotatable bonds is 13. The summed E-state index contributed by atoms with van der Waals surface area (Å²) in [5.74, 6) is -0.410. The summed E-state index contributed by atoms with van der Waals surface area (Å²) >= 11 is 9.56. The summed E-state index contributed by atoms with van der Waals surface area (Å²) in [5, 5.41) is 3.07. The molecule has 4 rings (SSSR count). The van der Waals surface area contributed by atoms with Crippen LogP contribution < -0.4 is 19.1 Å². The van der Waals surface area contributed by atoms with Gasteiger partial charge in [0.1, 0.15) is 12.6 Å². The van der Waals surface area contributed by atoms with Crippen molar-refractivity contribution in [2.75, 3.05) is 32.1 Å². The van der Waals surface area contributed by atoms with Crippen molar-refractivity contribution in [3.8, 4) is 11.5 Å². The van der Waals surface area contributed by atoms with Crippen molar-refractivity contribution < 1.29 is 27.5 Å². The van der Waals surface area contributed by atoms with Crippen molar-refractivity contribution >= 4 is 55.1 Å². The SMILES string of the molecule is CNC(=O)[C@H](Cc1ccccc1)N(Cc1ccc(Br)cc1)C(=O)CN(c1ccc(Cl)cc1)S(=O)(=O)c1ccc(OC)c(OC)c1. The molecule has 0 aliphatic rings. The Morgan fingerprint density at radius 2 is 1.51 bits per heavy atom. The van der Waals surface area contributed by atoms with Crippen molar-refractivity contribution in [3.63, 3.8) is 0 Å². The Kier molecular flexibility index (Phi) is 11.5. The zero-order valence-corrected chi connectivity index (χ0v) is 28.1. The van der Waals surface area contributed by atoms with E-state index >= 15 is 0 Å². The summed E-state index contributed by atoms with van der Waals surface area (Å²) in [6.45, 7) is -0.543. The van der Waals surface area contributed by atoms with Gasteiger partial charge in [0, 0.05) is 35.6 Å². The molecule has 4 aromatic carbocycles. The molecule has 0 spiro atoms. The number of hydrogen-bond acceptors (Lipinski definition) is 6. The maximum Gasteiger partial charge on any atom is 0.264 e. The molecule has 1 atom stereocenters. The second kappa shape index (κ2) is 15.3. The Balaban J connectivity index is 1.80. The normalized spacial score (nSPS) is 11.8. The topological polar surface area (TPSA) is 105 Å². The Morgan fingerprint density at radius 1 is 0.867 bits per heavy atom. The monoisotopic (exact) mass is 713 g/mol. The molecule has 1 N–H and O–H groups in total. The van der Waals surface area contributed by atoms with Gasteiger partial charge in [0.2, 0.25) is 11.8 Å². The summed E-state index contributed by atoms with van der Waals surface area (Å²) in [6, 6.07) is 26.1. The number of anilines is 1. The van der Waals surface area contributed by atoms with Crippen LogP contribution >= 0.6 is 27.5 Å². The van der Waals surface area contributed by atoms with E-state index in [0.717, 1.165) is 19.9 Å². The predicted octanol–water partition coefficient (Wildman–Crippen LogP) is 5.70. The largest absolute Gasteiger partial charge is 0.493 e. The van der Waals surface area contributed by atoms with E-state index in [2.05, 4.69) is 21.2 Å². The van der Waals surface area contributed by atoms with E-state index in [9.17, 15) is 18.0 Å². The lowest BCUT2D eigenvalue weighted by atomic mass is 10.0. The number of nitrogens with zero attached hydrogens (tertiary/aromatic N) is 2. The van der Waals surface area contributed by atoms with Gasteiger partial charge >= 0.3 is 0 Å². The van der Waals surface area contributed by atoms with Crippen LogP contribution in [-0.2, 0) is 32.6 Å². The highest BCUT2D eigenvalue weighted by Gasteiger charge is 2.34. The minimum Gasteiger partial charge on any atom is -0.493 e. The van der Waals surface area contributed by atoms with Crippen LogP contribution in [0.5, 0.6) is 11.5 Å². The van der Waals surface area contributed by atoms with Crippen LogP contribution in [0.1, 0.15) is 11.1 Å². The molecule has 0 radical (unpaired) electrons. The third-order valence-electron chi connectivity index (χ3n) is 7.12. The van der Waals surface area contributed by atoms with Crippen LogP contribution in [0.3, 0.4) is 0 Å². The van der Waals surface area contributed by atoms with E-state index < -0.39 is 28.5 Å². The minimum absolute atomic E-state index is 0.0574. The van der Waals surface area contributed by atoms with Crippen LogP contribution in [0.25, 0.3) is 0 Å². The molecule has 0 bridgehead atoms. The van der Waals surface area contributed by atoms with E-state index in [0.29, 0.717) is 10.8 Å². The molecule has 236 valence electrons. The number of carbonyl (C=O) groups is 2. The summed E-state index contributed by atoms with van der Waals surface area (Å²) in [6.07, 6.45) is 0.214. The van der Waals surface area contributed by atoms with Gasteiger partial charge in [0.15, 0.2) is 11.5 Å². The molecule has 0 aliphatic carbocycles. The van der Waals surface area contributed by atoms with E-state index in [-0.39, 0.29) is 35.2 Å². The maximum atomic E-state index is 14.4. The lowest BCUT2D eigenvalue weighted by molar-refractivity contribution is -0.139. The van der Waals surface area contributed by atoms with Crippen molar-refractivity contribution in [3.05, 3.63) is 118 Å². The average molecular weight is 715 g/mol. The molecule has 0 saturated carbocycles. The van der Waals surface area contributed by atoms with Crippen LogP contribution in [0, 0.1) is 0 Å². The number of carbonyl (C=O) groups excluding carboxylic acids is 2. The first-order chi connectivity index (χ1) is 21.6. The highest BCUT2D eigenvalue weighted by atomic mass is 79.9. The number of benzene rings is 4. The number of likely N-dealkylation sites (N-methyl/N-ethyl adjacent to an activating group) is 1. The average Bonchev–Trinajstić information content (AvgIpc) is 3.06. The Bertz CT molecular complexity index is 1720. The zero-order valence-electron chi connectivity index (χ0n) is 24.9. The van der Waals surface area contributed by atoms with Gasteiger partial charge in [-0.05, 0) is 59.7 Å². The molecule has 0 aliphatic heterocycles. The van der Waals surface area contributed by atoms with Crippen molar-refractivity contribution in [1.29, 1.82) is 0 Å². The maximum absolute atomic E-state index is 14.4. The van der Waals surface area contributed by atoms with Crippen LogP contribution in [0.4, 0.5) is 5.69 Å². The van der Waals surface area contributed by atoms with Crippen LogP contribution in [0.2, 0.25) is 5.02 Å². The van der Waals surface area contributed by atoms with Crippen molar-refractivity contribution in [2.24, 2.45) is 0 Å². The third kappa shape index (κ3) is 8.36. The minimum atomic E-state index is -4.34. The Morgan fingerprint density at radius 3 is 2.11 bits per heavy atom. The second-order valence-electron chi connectivity index (χ2n) is 9.97. The number of hydrogen-bond donors (Lipinski definition) is 1. The Labute approximate surface area is 276 Å². The molecular formula is C33H33BrClN3O6S. The number of sulfonamides is 1. The predicted molar refractivity (Wildman–Crippen MR) is 178 cm³/mol. The van der Waals surface area contributed by atoms with Gasteiger partial charge in [-0.25, -0.2) is 8.42 Å². The van der Waals surface area contributed by atoms with E-state index in [1.165, 1.54) is 56.5 Å². The zero-order chi connectivity index (χ0) is 32.6. The van der Waals surface area contributed by atoms with Crippen molar-refractivity contribution in [2.45, 2.75) is 23.9 Å². The highest BCUT2D eigenvalue weighted by molar-refractivity contribution is 9.10. The van der Waals surface area contributed by atoms with Gasteiger partial charge in [-0.3, -0.25) is 13.9 Å². The van der Waals surface area contributed by atoms with Crippen LogP contribution in [0.15, 0.2) is 106 Å². The third-order valence-corrected chi connectivity index (χ3v) is 9.67. The van der Waals surface area contributed by atoms with Gasteiger partial charge in [-0.15, -0.1) is 0 Å². The Hall–Kier alpha value is -4.06. The quantitative estimate of drug-likeness (QED) is 0.191. The lowest BCUT2D eigenvalue weighted by Crippen LogP contribution is -2.53. The molecule has 0 unspecified atom stereocenters. The number of amides is 2. The number of methoxy groups -OCH3 is 2. The van der Waals surface area contributed by atoms with E-state index in [4.69, 9.17) is 21.1 Å². The summed E-state index contributed by atoms with van der Waals surface area (Å²) in [7, 11) is 0.0132. The van der Waals surface area contributed by atoms with Crippen LogP contribution in [-0.4, -0.2) is 59.0 Å². The van der Waals surface area contributed by atoms with Crippen molar-refractivity contribution in [1.82, 2.24) is 10.2 Å². The number of ether oxygens (including phenoxy) is 2. The first kappa shape index (κ1) is 33.8. The molecule has 0 fully saturated rings.